The van der Waals surface area contributed by atoms with Crippen LogP contribution in [0.5, 0.6) is 0 Å². The Morgan fingerprint density at radius 3 is 2.29 bits per heavy atom. The molecule has 1 aliphatic heterocycles. The molecule has 0 saturated carbocycles. The number of nitrogens with zero attached hydrogens (tertiary/aromatic N) is 1. The Morgan fingerprint density at radius 2 is 1.67 bits per heavy atom. The minimum atomic E-state index is -3.81. The van der Waals surface area contributed by atoms with Gasteiger partial charge in [-0.25, -0.2) is 12.7 Å². The first kappa shape index (κ1) is 13.8. The van der Waals surface area contributed by atoms with E-state index in [1.807, 2.05) is 26.0 Å². The van der Waals surface area contributed by atoms with Crippen molar-refractivity contribution in [1.29, 1.82) is 0 Å². The molecule has 5 heteroatoms. The highest BCUT2D eigenvalue weighted by Crippen LogP contribution is 2.30. The molecule has 108 valence electrons. The number of benzene rings is 2. The summed E-state index contributed by atoms with van der Waals surface area (Å²) >= 11 is 0. The largest absolute Gasteiger partial charge is 0.268 e. The first-order valence-corrected chi connectivity index (χ1v) is 8.07. The van der Waals surface area contributed by atoms with Gasteiger partial charge in [-0.2, -0.15) is 0 Å². The molecule has 21 heavy (non-hydrogen) atoms. The number of hydrogen-bond donors (Lipinski definition) is 0. The number of aryl methyl sites for hydroxylation is 2. The third kappa shape index (κ3) is 2.14. The first-order valence-electron chi connectivity index (χ1n) is 6.63. The van der Waals surface area contributed by atoms with E-state index in [0.29, 0.717) is 5.56 Å². The maximum atomic E-state index is 12.6. The van der Waals surface area contributed by atoms with Crippen molar-refractivity contribution in [3.8, 4) is 0 Å². The zero-order valence-corrected chi connectivity index (χ0v) is 12.6. The zero-order valence-electron chi connectivity index (χ0n) is 11.8. The van der Waals surface area contributed by atoms with Gasteiger partial charge in [0.25, 0.3) is 15.9 Å². The highest BCUT2D eigenvalue weighted by Gasteiger charge is 2.37. The fourth-order valence-electron chi connectivity index (χ4n) is 2.55. The summed E-state index contributed by atoms with van der Waals surface area (Å²) < 4.78 is 26.2. The molecular weight excluding hydrogens is 286 g/mol. The summed E-state index contributed by atoms with van der Waals surface area (Å²) in [6.07, 6.45) is 0. The third-order valence-corrected chi connectivity index (χ3v) is 5.47. The smallest absolute Gasteiger partial charge is 0.268 e. The molecule has 1 heterocycles. The Bertz CT molecular complexity index is 823. The standard InChI is InChI=1S/C16H15NO3S/c1-11-6-8-14(9-7-11)21(19,20)17-10-13-5-3-4-12(2)15(13)16(17)18/h3-9H,10H2,1-2H3. The number of rotatable bonds is 2. The van der Waals surface area contributed by atoms with Gasteiger partial charge in [-0.15, -0.1) is 0 Å². The average Bonchev–Trinajstić information content (AvgIpc) is 2.79. The molecule has 2 aromatic rings. The number of amides is 1. The molecule has 1 amide bonds. The van der Waals surface area contributed by atoms with Crippen LogP contribution < -0.4 is 0 Å². The predicted octanol–water partition coefficient (Wildman–Crippen LogP) is 2.65. The van der Waals surface area contributed by atoms with Crippen molar-refractivity contribution < 1.29 is 13.2 Å². The van der Waals surface area contributed by atoms with Gasteiger partial charge in [0.05, 0.1) is 11.4 Å². The van der Waals surface area contributed by atoms with Gasteiger partial charge in [-0.05, 0) is 37.1 Å². The van der Waals surface area contributed by atoms with Crippen molar-refractivity contribution in [2.75, 3.05) is 0 Å². The van der Waals surface area contributed by atoms with Crippen molar-refractivity contribution >= 4 is 15.9 Å². The summed E-state index contributed by atoms with van der Waals surface area (Å²) in [5, 5.41) is 0. The lowest BCUT2D eigenvalue weighted by Crippen LogP contribution is -2.31. The average molecular weight is 301 g/mol. The van der Waals surface area contributed by atoms with E-state index in [1.54, 1.807) is 18.2 Å². The van der Waals surface area contributed by atoms with Crippen molar-refractivity contribution in [1.82, 2.24) is 4.31 Å². The molecule has 2 aromatic carbocycles. The maximum absolute atomic E-state index is 12.6. The van der Waals surface area contributed by atoms with Crippen molar-refractivity contribution in [3.63, 3.8) is 0 Å². The lowest BCUT2D eigenvalue weighted by atomic mass is 10.0. The monoisotopic (exact) mass is 301 g/mol. The molecule has 0 saturated heterocycles. The topological polar surface area (TPSA) is 54.5 Å². The molecule has 0 fully saturated rings. The van der Waals surface area contributed by atoms with Crippen LogP contribution in [0.15, 0.2) is 47.4 Å². The summed E-state index contributed by atoms with van der Waals surface area (Å²) in [5.41, 5.74) is 3.05. The van der Waals surface area contributed by atoms with Crippen LogP contribution >= 0.6 is 0 Å². The van der Waals surface area contributed by atoms with E-state index >= 15 is 0 Å². The van der Waals surface area contributed by atoms with Crippen LogP contribution in [0.2, 0.25) is 0 Å². The fourth-order valence-corrected chi connectivity index (χ4v) is 3.90. The van der Waals surface area contributed by atoms with Crippen LogP contribution in [0.3, 0.4) is 0 Å². The molecule has 3 rings (SSSR count). The molecule has 0 unspecified atom stereocenters. The van der Waals surface area contributed by atoms with E-state index in [4.69, 9.17) is 0 Å². The Kier molecular flexibility index (Phi) is 3.10. The normalized spacial score (nSPS) is 14.4. The number of sulfonamides is 1. The van der Waals surface area contributed by atoms with Crippen molar-refractivity contribution in [2.24, 2.45) is 0 Å². The summed E-state index contributed by atoms with van der Waals surface area (Å²) in [5.74, 6) is -0.441. The summed E-state index contributed by atoms with van der Waals surface area (Å²) in [7, 11) is -3.81. The van der Waals surface area contributed by atoms with Gasteiger partial charge in [-0.3, -0.25) is 4.79 Å². The second-order valence-corrected chi connectivity index (χ2v) is 7.10. The Balaban J connectivity index is 2.05. The molecular formula is C16H15NO3S. The summed E-state index contributed by atoms with van der Waals surface area (Å²) in [4.78, 5) is 12.6. The fraction of sp³-hybridized carbons (Fsp3) is 0.188. The first-order chi connectivity index (χ1) is 9.91. The minimum absolute atomic E-state index is 0.103. The quantitative estimate of drug-likeness (QED) is 0.857. The van der Waals surface area contributed by atoms with Crippen LogP contribution in [0.4, 0.5) is 0 Å². The molecule has 0 aromatic heterocycles. The Hall–Kier alpha value is -2.14. The minimum Gasteiger partial charge on any atom is -0.268 e. The maximum Gasteiger partial charge on any atom is 0.268 e. The molecule has 0 bridgehead atoms. The number of fused-ring (bicyclic) bond motifs is 1. The van der Waals surface area contributed by atoms with Crippen molar-refractivity contribution in [3.05, 3.63) is 64.7 Å². The lowest BCUT2D eigenvalue weighted by Gasteiger charge is -2.16. The Labute approximate surface area is 124 Å². The van der Waals surface area contributed by atoms with Gasteiger partial charge in [0.2, 0.25) is 0 Å². The SMILES string of the molecule is Cc1ccc(S(=O)(=O)N2Cc3cccc(C)c3C2=O)cc1. The second-order valence-electron chi connectivity index (χ2n) is 5.24. The Morgan fingerprint density at radius 1 is 1.00 bits per heavy atom. The molecule has 0 spiro atoms. The van der Waals surface area contributed by atoms with Gasteiger partial charge >= 0.3 is 0 Å². The lowest BCUT2D eigenvalue weighted by molar-refractivity contribution is 0.0879. The molecule has 0 N–H and O–H groups in total. The third-order valence-electron chi connectivity index (χ3n) is 3.72. The van der Waals surface area contributed by atoms with E-state index in [0.717, 1.165) is 21.0 Å². The van der Waals surface area contributed by atoms with E-state index in [-0.39, 0.29) is 11.4 Å². The predicted molar refractivity (Wildman–Crippen MR) is 79.4 cm³/mol. The number of hydrogen-bond acceptors (Lipinski definition) is 3. The summed E-state index contributed by atoms with van der Waals surface area (Å²) in [6, 6.07) is 12.0. The van der Waals surface area contributed by atoms with E-state index in [1.165, 1.54) is 12.1 Å². The van der Waals surface area contributed by atoms with Gasteiger partial charge in [0.1, 0.15) is 0 Å². The highest BCUT2D eigenvalue weighted by molar-refractivity contribution is 7.89. The van der Waals surface area contributed by atoms with Gasteiger partial charge in [0, 0.05) is 5.56 Å². The van der Waals surface area contributed by atoms with Gasteiger partial charge < -0.3 is 0 Å². The number of carbonyl (C=O) groups excluding carboxylic acids is 1. The molecule has 0 aliphatic carbocycles. The second kappa shape index (κ2) is 4.70. The van der Waals surface area contributed by atoms with E-state index in [2.05, 4.69) is 0 Å². The molecule has 1 aliphatic rings. The van der Waals surface area contributed by atoms with E-state index < -0.39 is 15.9 Å². The van der Waals surface area contributed by atoms with Gasteiger partial charge in [0.15, 0.2) is 0 Å². The van der Waals surface area contributed by atoms with E-state index in [9.17, 15) is 13.2 Å². The van der Waals surface area contributed by atoms with Crippen LogP contribution in [0.1, 0.15) is 27.0 Å². The van der Waals surface area contributed by atoms with Gasteiger partial charge in [-0.1, -0.05) is 35.9 Å². The van der Waals surface area contributed by atoms with Crippen LogP contribution in [-0.2, 0) is 16.6 Å². The van der Waals surface area contributed by atoms with Crippen LogP contribution in [0, 0.1) is 13.8 Å². The highest BCUT2D eigenvalue weighted by atomic mass is 32.2. The zero-order chi connectivity index (χ0) is 15.2. The summed E-state index contributed by atoms with van der Waals surface area (Å²) in [6.45, 7) is 3.81. The molecule has 0 atom stereocenters. The van der Waals surface area contributed by atoms with Crippen LogP contribution in [0.25, 0.3) is 0 Å². The molecule has 0 radical (unpaired) electrons. The molecule has 4 nitrogen and oxygen atoms in total. The number of carbonyl (C=O) groups is 1. The van der Waals surface area contributed by atoms with Crippen LogP contribution in [-0.4, -0.2) is 18.6 Å². The van der Waals surface area contributed by atoms with Crippen molar-refractivity contribution in [2.45, 2.75) is 25.3 Å².